The van der Waals surface area contributed by atoms with Gasteiger partial charge in [-0.3, -0.25) is 9.69 Å². The summed E-state index contributed by atoms with van der Waals surface area (Å²) in [5.41, 5.74) is 0.569. The van der Waals surface area contributed by atoms with Crippen LogP contribution in [0.2, 0.25) is 0 Å². The average molecular weight is 207 g/mol. The molecule has 1 N–H and O–H groups in total. The van der Waals surface area contributed by atoms with Crippen LogP contribution in [0.3, 0.4) is 0 Å². The predicted molar refractivity (Wildman–Crippen MR) is 57.7 cm³/mol. The van der Waals surface area contributed by atoms with E-state index in [0.717, 1.165) is 31.7 Å². The quantitative estimate of drug-likeness (QED) is 0.766. The van der Waals surface area contributed by atoms with Crippen molar-refractivity contribution >= 4 is 6.29 Å². The summed E-state index contributed by atoms with van der Waals surface area (Å²) >= 11 is 0. The molecule has 0 radical (unpaired) electrons. The molecule has 1 aliphatic heterocycles. The van der Waals surface area contributed by atoms with E-state index < -0.39 is 0 Å². The zero-order valence-corrected chi connectivity index (χ0v) is 8.91. The van der Waals surface area contributed by atoms with Crippen LogP contribution in [0.1, 0.15) is 42.0 Å². The van der Waals surface area contributed by atoms with Crippen LogP contribution in [-0.2, 0) is 6.54 Å². The number of H-pyrrole nitrogens is 1. The first-order valence-electron chi connectivity index (χ1n) is 5.60. The lowest BCUT2D eigenvalue weighted by Crippen LogP contribution is -2.24. The minimum Gasteiger partial charge on any atom is -0.339 e. The zero-order valence-electron chi connectivity index (χ0n) is 8.91. The lowest BCUT2D eigenvalue weighted by atomic mass is 10.2. The molecule has 2 rings (SSSR count). The van der Waals surface area contributed by atoms with E-state index in [1.165, 1.54) is 25.7 Å². The van der Waals surface area contributed by atoms with Crippen molar-refractivity contribution in [2.75, 3.05) is 13.1 Å². The second-order valence-corrected chi connectivity index (χ2v) is 4.09. The fourth-order valence-corrected chi connectivity index (χ4v) is 2.02. The van der Waals surface area contributed by atoms with Gasteiger partial charge in [0.25, 0.3) is 0 Å². The average Bonchev–Trinajstić information content (AvgIpc) is 2.54. The van der Waals surface area contributed by atoms with Crippen molar-refractivity contribution in [3.63, 3.8) is 0 Å². The van der Waals surface area contributed by atoms with Gasteiger partial charge in [-0.05, 0) is 25.9 Å². The summed E-state index contributed by atoms with van der Waals surface area (Å²) in [7, 11) is 0. The molecule has 0 saturated carbocycles. The molecule has 0 aliphatic carbocycles. The molecule has 0 spiro atoms. The number of hydrogen-bond acceptors (Lipinski definition) is 3. The summed E-state index contributed by atoms with van der Waals surface area (Å²) < 4.78 is 0. The van der Waals surface area contributed by atoms with E-state index in [-0.39, 0.29) is 0 Å². The molecule has 2 heterocycles. The molecule has 1 saturated heterocycles. The largest absolute Gasteiger partial charge is 0.339 e. The minimum absolute atomic E-state index is 0.569. The SMILES string of the molecule is O=Cc1cnc(CN2CCCCCC2)[nH]1. The predicted octanol–water partition coefficient (Wildman–Crippen LogP) is 1.60. The van der Waals surface area contributed by atoms with Gasteiger partial charge in [-0.25, -0.2) is 4.98 Å². The molecule has 0 atom stereocenters. The number of carbonyl (C=O) groups is 1. The van der Waals surface area contributed by atoms with Gasteiger partial charge in [0.1, 0.15) is 5.82 Å². The van der Waals surface area contributed by atoms with Gasteiger partial charge in [0.05, 0.1) is 18.4 Å². The maximum Gasteiger partial charge on any atom is 0.167 e. The Morgan fingerprint density at radius 3 is 2.67 bits per heavy atom. The van der Waals surface area contributed by atoms with Crippen LogP contribution < -0.4 is 0 Å². The molecule has 0 unspecified atom stereocenters. The number of aromatic amines is 1. The highest BCUT2D eigenvalue weighted by Crippen LogP contribution is 2.11. The second-order valence-electron chi connectivity index (χ2n) is 4.09. The number of rotatable bonds is 3. The van der Waals surface area contributed by atoms with Gasteiger partial charge in [-0.2, -0.15) is 0 Å². The third kappa shape index (κ3) is 2.89. The van der Waals surface area contributed by atoms with E-state index in [2.05, 4.69) is 14.9 Å². The van der Waals surface area contributed by atoms with Crippen molar-refractivity contribution in [2.24, 2.45) is 0 Å². The van der Waals surface area contributed by atoms with Crippen molar-refractivity contribution in [1.82, 2.24) is 14.9 Å². The van der Waals surface area contributed by atoms with Crippen molar-refractivity contribution in [2.45, 2.75) is 32.2 Å². The molecule has 82 valence electrons. The fourth-order valence-electron chi connectivity index (χ4n) is 2.02. The maximum absolute atomic E-state index is 10.5. The molecule has 1 aliphatic rings. The molecule has 0 amide bonds. The third-order valence-corrected chi connectivity index (χ3v) is 2.85. The molecular weight excluding hydrogens is 190 g/mol. The highest BCUT2D eigenvalue weighted by molar-refractivity contribution is 5.71. The van der Waals surface area contributed by atoms with Crippen LogP contribution in [0.4, 0.5) is 0 Å². The lowest BCUT2D eigenvalue weighted by molar-refractivity contribution is 0.111. The summed E-state index contributed by atoms with van der Waals surface area (Å²) in [4.78, 5) is 20.1. The Morgan fingerprint density at radius 2 is 2.07 bits per heavy atom. The minimum atomic E-state index is 0.569. The Labute approximate surface area is 89.7 Å². The molecule has 1 aromatic heterocycles. The van der Waals surface area contributed by atoms with Crippen molar-refractivity contribution in [1.29, 1.82) is 0 Å². The van der Waals surface area contributed by atoms with Crippen LogP contribution >= 0.6 is 0 Å². The highest BCUT2D eigenvalue weighted by atomic mass is 16.1. The number of nitrogens with one attached hydrogen (secondary N) is 1. The first-order valence-corrected chi connectivity index (χ1v) is 5.60. The van der Waals surface area contributed by atoms with E-state index in [1.807, 2.05) is 0 Å². The highest BCUT2D eigenvalue weighted by Gasteiger charge is 2.10. The molecule has 0 bridgehead atoms. The zero-order chi connectivity index (χ0) is 10.5. The fraction of sp³-hybridized carbons (Fsp3) is 0.636. The van der Waals surface area contributed by atoms with Gasteiger partial charge in [0.15, 0.2) is 6.29 Å². The van der Waals surface area contributed by atoms with Crippen molar-refractivity contribution in [3.05, 3.63) is 17.7 Å². The number of likely N-dealkylation sites (tertiary alicyclic amines) is 1. The van der Waals surface area contributed by atoms with E-state index in [1.54, 1.807) is 6.20 Å². The molecule has 1 aromatic rings. The van der Waals surface area contributed by atoms with E-state index >= 15 is 0 Å². The Hall–Kier alpha value is -1.16. The topological polar surface area (TPSA) is 49.0 Å². The summed E-state index contributed by atoms with van der Waals surface area (Å²) in [5.74, 6) is 0.902. The monoisotopic (exact) mass is 207 g/mol. The van der Waals surface area contributed by atoms with E-state index in [4.69, 9.17) is 0 Å². The van der Waals surface area contributed by atoms with Gasteiger partial charge < -0.3 is 4.98 Å². The molecule has 15 heavy (non-hydrogen) atoms. The van der Waals surface area contributed by atoms with Crippen LogP contribution in [0, 0.1) is 0 Å². The van der Waals surface area contributed by atoms with Gasteiger partial charge in [-0.15, -0.1) is 0 Å². The second kappa shape index (κ2) is 5.07. The number of nitrogens with zero attached hydrogens (tertiary/aromatic N) is 2. The Morgan fingerprint density at radius 1 is 1.33 bits per heavy atom. The van der Waals surface area contributed by atoms with Crippen LogP contribution in [0.5, 0.6) is 0 Å². The normalized spacial score (nSPS) is 18.7. The molecule has 4 heteroatoms. The summed E-state index contributed by atoms with van der Waals surface area (Å²) in [5, 5.41) is 0. The summed E-state index contributed by atoms with van der Waals surface area (Å²) in [6, 6.07) is 0. The van der Waals surface area contributed by atoms with E-state index in [0.29, 0.717) is 5.69 Å². The number of aldehydes is 1. The van der Waals surface area contributed by atoms with Crippen LogP contribution in [-0.4, -0.2) is 34.2 Å². The summed E-state index contributed by atoms with van der Waals surface area (Å²) in [6.07, 6.45) is 7.64. The maximum atomic E-state index is 10.5. The third-order valence-electron chi connectivity index (χ3n) is 2.85. The van der Waals surface area contributed by atoms with Gasteiger partial charge in [-0.1, -0.05) is 12.8 Å². The van der Waals surface area contributed by atoms with Crippen molar-refractivity contribution in [3.8, 4) is 0 Å². The van der Waals surface area contributed by atoms with E-state index in [9.17, 15) is 4.79 Å². The molecule has 0 aromatic carbocycles. The van der Waals surface area contributed by atoms with Crippen molar-refractivity contribution < 1.29 is 4.79 Å². The van der Waals surface area contributed by atoms with Gasteiger partial charge in [0, 0.05) is 0 Å². The van der Waals surface area contributed by atoms with Crippen LogP contribution in [0.15, 0.2) is 6.20 Å². The Kier molecular flexibility index (Phi) is 3.50. The summed E-state index contributed by atoms with van der Waals surface area (Å²) in [6.45, 7) is 3.14. The number of aromatic nitrogens is 2. The first kappa shape index (κ1) is 10.4. The number of carbonyl (C=O) groups excluding carboxylic acids is 1. The number of hydrogen-bond donors (Lipinski definition) is 1. The van der Waals surface area contributed by atoms with Crippen LogP contribution in [0.25, 0.3) is 0 Å². The number of imidazole rings is 1. The molecular formula is C11H17N3O. The first-order chi connectivity index (χ1) is 7.38. The Bertz CT molecular complexity index is 313. The lowest BCUT2D eigenvalue weighted by Gasteiger charge is -2.17. The van der Waals surface area contributed by atoms with Gasteiger partial charge in [0.2, 0.25) is 0 Å². The van der Waals surface area contributed by atoms with Gasteiger partial charge >= 0.3 is 0 Å². The smallest absolute Gasteiger partial charge is 0.167 e. The Balaban J connectivity index is 1.91. The molecule has 4 nitrogen and oxygen atoms in total. The molecule has 1 fully saturated rings. The standard InChI is InChI=1S/C11H17N3O/c15-9-10-7-12-11(13-10)8-14-5-3-1-2-4-6-14/h7,9H,1-6,8H2,(H,12,13).